The fraction of sp³-hybridized carbons (Fsp3) is 0.0667. The molecule has 0 amide bonds. The van der Waals surface area contributed by atoms with Crippen molar-refractivity contribution in [2.24, 2.45) is 0 Å². The molecular formula is C15H12. The van der Waals surface area contributed by atoms with Gasteiger partial charge in [0.1, 0.15) is 0 Å². The summed E-state index contributed by atoms with van der Waals surface area (Å²) in [6, 6.07) is 13.0. The van der Waals surface area contributed by atoms with Crippen LogP contribution in [0.4, 0.5) is 0 Å². The summed E-state index contributed by atoms with van der Waals surface area (Å²) >= 11 is 0. The molecule has 0 heteroatoms. The van der Waals surface area contributed by atoms with Gasteiger partial charge in [0.05, 0.1) is 0 Å². The van der Waals surface area contributed by atoms with Crippen LogP contribution in [0.25, 0.3) is 16.3 Å². The molecule has 72 valence electrons. The van der Waals surface area contributed by atoms with Gasteiger partial charge in [0.2, 0.25) is 0 Å². The minimum absolute atomic E-state index is 1.03. The SMILES string of the molecule is C=C1C=CCc2cc3ccccc3cc21. The predicted octanol–water partition coefficient (Wildman–Crippen LogP) is 3.97. The molecule has 0 saturated heterocycles. The third-order valence-electron chi connectivity index (χ3n) is 2.97. The Morgan fingerprint density at radius 2 is 1.73 bits per heavy atom. The van der Waals surface area contributed by atoms with Crippen molar-refractivity contribution in [3.05, 3.63) is 66.3 Å². The highest BCUT2D eigenvalue weighted by Crippen LogP contribution is 2.28. The smallest absolute Gasteiger partial charge is 0.00877 e. The molecule has 0 fully saturated rings. The Balaban J connectivity index is 2.35. The molecule has 0 N–H and O–H groups in total. The lowest BCUT2D eigenvalue weighted by Crippen LogP contribution is -1.95. The Kier molecular flexibility index (Phi) is 1.75. The van der Waals surface area contributed by atoms with E-state index in [1.165, 1.54) is 21.9 Å². The molecular weight excluding hydrogens is 180 g/mol. The molecule has 15 heavy (non-hydrogen) atoms. The largest absolute Gasteiger partial charge is 0.0912 e. The summed E-state index contributed by atoms with van der Waals surface area (Å²) in [7, 11) is 0. The van der Waals surface area contributed by atoms with Crippen LogP contribution in [-0.2, 0) is 6.42 Å². The minimum atomic E-state index is 1.03. The van der Waals surface area contributed by atoms with Gasteiger partial charge in [0.15, 0.2) is 0 Å². The maximum atomic E-state index is 4.08. The lowest BCUT2D eigenvalue weighted by molar-refractivity contribution is 1.24. The molecule has 0 spiro atoms. The molecule has 0 unspecified atom stereocenters. The van der Waals surface area contributed by atoms with Crippen molar-refractivity contribution in [3.8, 4) is 0 Å². The van der Waals surface area contributed by atoms with Gasteiger partial charge in [0.25, 0.3) is 0 Å². The van der Waals surface area contributed by atoms with Crippen molar-refractivity contribution in [3.63, 3.8) is 0 Å². The van der Waals surface area contributed by atoms with Gasteiger partial charge in [-0.25, -0.2) is 0 Å². The molecule has 0 bridgehead atoms. The zero-order chi connectivity index (χ0) is 10.3. The Morgan fingerprint density at radius 1 is 1.00 bits per heavy atom. The lowest BCUT2D eigenvalue weighted by Gasteiger charge is -2.14. The summed E-state index contributed by atoms with van der Waals surface area (Å²) in [4.78, 5) is 0. The topological polar surface area (TPSA) is 0 Å². The van der Waals surface area contributed by atoms with Crippen LogP contribution in [0.3, 0.4) is 0 Å². The standard InChI is InChI=1S/C15H12/c1-11-5-4-8-14-9-12-6-2-3-7-13(12)10-15(11)14/h2-7,9-10H,1,8H2. The Hall–Kier alpha value is -1.82. The van der Waals surface area contributed by atoms with E-state index in [0.717, 1.165) is 12.0 Å². The number of allylic oxidation sites excluding steroid dienone is 3. The van der Waals surface area contributed by atoms with Crippen molar-refractivity contribution < 1.29 is 0 Å². The highest BCUT2D eigenvalue weighted by molar-refractivity contribution is 5.90. The third kappa shape index (κ3) is 1.30. The van der Waals surface area contributed by atoms with Gasteiger partial charge in [-0.3, -0.25) is 0 Å². The van der Waals surface area contributed by atoms with Crippen LogP contribution < -0.4 is 0 Å². The van der Waals surface area contributed by atoms with E-state index >= 15 is 0 Å². The number of fused-ring (bicyclic) bond motifs is 2. The second-order valence-corrected chi connectivity index (χ2v) is 3.99. The number of hydrogen-bond donors (Lipinski definition) is 0. The quantitative estimate of drug-likeness (QED) is 0.592. The van der Waals surface area contributed by atoms with Crippen LogP contribution in [0.15, 0.2) is 55.1 Å². The molecule has 0 aliphatic heterocycles. The van der Waals surface area contributed by atoms with E-state index in [1.54, 1.807) is 0 Å². The van der Waals surface area contributed by atoms with E-state index in [2.05, 4.69) is 55.1 Å². The van der Waals surface area contributed by atoms with Gasteiger partial charge in [-0.1, -0.05) is 49.1 Å². The minimum Gasteiger partial charge on any atom is -0.0912 e. The highest BCUT2D eigenvalue weighted by atomic mass is 14.1. The van der Waals surface area contributed by atoms with E-state index in [0.29, 0.717) is 0 Å². The molecule has 1 aliphatic rings. The van der Waals surface area contributed by atoms with E-state index in [9.17, 15) is 0 Å². The second-order valence-electron chi connectivity index (χ2n) is 3.99. The van der Waals surface area contributed by atoms with Gasteiger partial charge >= 0.3 is 0 Å². The maximum absolute atomic E-state index is 4.08. The van der Waals surface area contributed by atoms with Crippen molar-refractivity contribution >= 4 is 16.3 Å². The van der Waals surface area contributed by atoms with Crippen molar-refractivity contribution in [1.29, 1.82) is 0 Å². The zero-order valence-electron chi connectivity index (χ0n) is 8.53. The first kappa shape index (κ1) is 8.49. The Labute approximate surface area is 89.6 Å². The van der Waals surface area contributed by atoms with Crippen LogP contribution in [0.2, 0.25) is 0 Å². The number of hydrogen-bond acceptors (Lipinski definition) is 0. The maximum Gasteiger partial charge on any atom is -0.00877 e. The number of benzene rings is 2. The molecule has 0 atom stereocenters. The first-order valence-electron chi connectivity index (χ1n) is 5.22. The fourth-order valence-electron chi connectivity index (χ4n) is 2.17. The van der Waals surface area contributed by atoms with E-state index < -0.39 is 0 Å². The van der Waals surface area contributed by atoms with E-state index in [-0.39, 0.29) is 0 Å². The molecule has 0 aromatic heterocycles. The molecule has 2 aromatic carbocycles. The van der Waals surface area contributed by atoms with Crippen LogP contribution in [0.1, 0.15) is 11.1 Å². The first-order chi connectivity index (χ1) is 7.34. The third-order valence-corrected chi connectivity index (χ3v) is 2.97. The Morgan fingerprint density at radius 3 is 2.53 bits per heavy atom. The van der Waals surface area contributed by atoms with Gasteiger partial charge in [-0.2, -0.15) is 0 Å². The second kappa shape index (κ2) is 3.09. The average molecular weight is 192 g/mol. The predicted molar refractivity (Wildman–Crippen MR) is 65.8 cm³/mol. The summed E-state index contributed by atoms with van der Waals surface area (Å²) in [5.41, 5.74) is 3.82. The van der Waals surface area contributed by atoms with Gasteiger partial charge in [-0.05, 0) is 40.0 Å². The fourth-order valence-corrected chi connectivity index (χ4v) is 2.17. The molecule has 3 rings (SSSR count). The molecule has 0 heterocycles. The van der Waals surface area contributed by atoms with Crippen LogP contribution in [-0.4, -0.2) is 0 Å². The zero-order valence-corrected chi connectivity index (χ0v) is 8.53. The van der Waals surface area contributed by atoms with E-state index in [1.807, 2.05) is 0 Å². The van der Waals surface area contributed by atoms with Crippen molar-refractivity contribution in [2.45, 2.75) is 6.42 Å². The number of rotatable bonds is 0. The first-order valence-corrected chi connectivity index (χ1v) is 5.22. The van der Waals surface area contributed by atoms with Gasteiger partial charge < -0.3 is 0 Å². The van der Waals surface area contributed by atoms with Crippen molar-refractivity contribution in [1.82, 2.24) is 0 Å². The summed E-state index contributed by atoms with van der Waals surface area (Å²) < 4.78 is 0. The van der Waals surface area contributed by atoms with Crippen LogP contribution >= 0.6 is 0 Å². The average Bonchev–Trinajstić information content (AvgIpc) is 2.27. The van der Waals surface area contributed by atoms with Crippen molar-refractivity contribution in [2.75, 3.05) is 0 Å². The van der Waals surface area contributed by atoms with Crippen LogP contribution in [0.5, 0.6) is 0 Å². The molecule has 0 nitrogen and oxygen atoms in total. The van der Waals surface area contributed by atoms with E-state index in [4.69, 9.17) is 0 Å². The monoisotopic (exact) mass is 192 g/mol. The molecule has 2 aromatic rings. The Bertz CT molecular complexity index is 574. The molecule has 1 aliphatic carbocycles. The van der Waals surface area contributed by atoms with Gasteiger partial charge in [-0.15, -0.1) is 0 Å². The lowest BCUT2D eigenvalue weighted by atomic mass is 9.91. The highest BCUT2D eigenvalue weighted by Gasteiger charge is 2.08. The summed E-state index contributed by atoms with van der Waals surface area (Å²) in [5.74, 6) is 0. The normalized spacial score (nSPS) is 14.3. The summed E-state index contributed by atoms with van der Waals surface area (Å²) in [6.45, 7) is 4.08. The summed E-state index contributed by atoms with van der Waals surface area (Å²) in [6.07, 6.45) is 5.32. The summed E-state index contributed by atoms with van der Waals surface area (Å²) in [5, 5.41) is 2.62. The van der Waals surface area contributed by atoms with Crippen LogP contribution in [0, 0.1) is 0 Å². The molecule has 0 radical (unpaired) electrons. The molecule has 0 saturated carbocycles. The van der Waals surface area contributed by atoms with Gasteiger partial charge in [0, 0.05) is 0 Å².